The van der Waals surface area contributed by atoms with Crippen LogP contribution >= 0.6 is 0 Å². The SMILES string of the molecule is N#Cc1ccc(N(c2cc3c(c4ccccc24)-c2c(cc(N(c4ccc(C#N)cc4)c4cccc5c4oc4c(F)cccc45)c4ccccc24)C32c3ccccc3-n3c4ccccc4c4cccc2c43)c2cccc3c2oc2c(F)cccc23)cc1. The molecule has 400 valence electrons. The molecule has 1 spiro atoms. The van der Waals surface area contributed by atoms with Crippen molar-refractivity contribution in [2.45, 2.75) is 5.41 Å². The molecule has 13 aromatic carbocycles. The Balaban J connectivity index is 1.03. The molecule has 0 unspecified atom stereocenters. The molecule has 0 saturated carbocycles. The Kier molecular flexibility index (Phi) is 9.80. The maximum Gasteiger partial charge on any atom is 0.171 e. The molecule has 0 atom stereocenters. The first-order valence-electron chi connectivity index (χ1n) is 28.5. The van der Waals surface area contributed by atoms with Crippen LogP contribution in [0.3, 0.4) is 0 Å². The maximum absolute atomic E-state index is 15.9. The normalized spacial score (nSPS) is 12.8. The van der Waals surface area contributed by atoms with E-state index in [0.29, 0.717) is 44.4 Å². The Morgan fingerprint density at radius 3 is 1.28 bits per heavy atom. The standard InChI is InChI=1S/C77H41F2N5O2/c78-62-26-10-20-54-56-22-12-30-66(75(56)85-73(54)62)82(46-36-32-44(42-80)33-37-46)68-40-60-70(51-17-3-1-14-48(51)68)71-52-18-4-2-15-49(52)69(83(47-38-34-45(43-81)35-39-47)67-31-13-23-57-55-21-11-27-63(79)74(55)86-76(57)67)41-61(71)77(60)58-24-6-8-29-65(58)84-64-28-7-5-16-50(64)53-19-9-25-59(77)72(53)84/h1-41H. The summed E-state index contributed by atoms with van der Waals surface area (Å²) in [6.45, 7) is 0. The van der Waals surface area contributed by atoms with Gasteiger partial charge >= 0.3 is 0 Å². The fourth-order valence-corrected chi connectivity index (χ4v) is 14.7. The van der Waals surface area contributed by atoms with E-state index in [4.69, 9.17) is 8.83 Å². The smallest absolute Gasteiger partial charge is 0.171 e. The molecule has 86 heavy (non-hydrogen) atoms. The third-order valence-electron chi connectivity index (χ3n) is 18.1. The summed E-state index contributed by atoms with van der Waals surface area (Å²) >= 11 is 0. The van der Waals surface area contributed by atoms with E-state index in [9.17, 15) is 10.5 Å². The fourth-order valence-electron chi connectivity index (χ4n) is 14.7. The van der Waals surface area contributed by atoms with E-state index in [1.807, 2.05) is 97.1 Å². The third kappa shape index (κ3) is 6.24. The van der Waals surface area contributed by atoms with Crippen LogP contribution in [0.2, 0.25) is 0 Å². The molecule has 0 bridgehead atoms. The van der Waals surface area contributed by atoms with Crippen molar-refractivity contribution in [3.05, 3.63) is 294 Å². The summed E-state index contributed by atoms with van der Waals surface area (Å²) in [4.78, 5) is 4.42. The molecule has 0 N–H and O–H groups in total. The van der Waals surface area contributed by atoms with Gasteiger partial charge < -0.3 is 23.2 Å². The van der Waals surface area contributed by atoms with Crippen LogP contribution < -0.4 is 9.80 Å². The molecule has 7 nitrogen and oxygen atoms in total. The van der Waals surface area contributed by atoms with Gasteiger partial charge in [0.1, 0.15) is 0 Å². The highest BCUT2D eigenvalue weighted by Gasteiger charge is 2.53. The van der Waals surface area contributed by atoms with E-state index in [-0.39, 0.29) is 11.2 Å². The van der Waals surface area contributed by atoms with Crippen LogP contribution in [-0.4, -0.2) is 4.57 Å². The summed E-state index contributed by atoms with van der Waals surface area (Å²) < 4.78 is 47.7. The first-order valence-corrected chi connectivity index (χ1v) is 28.5. The average molecular weight is 1110 g/mol. The second-order valence-electron chi connectivity index (χ2n) is 22.3. The van der Waals surface area contributed by atoms with Crippen LogP contribution in [-0.2, 0) is 5.41 Å². The number of hydrogen-bond acceptors (Lipinski definition) is 6. The summed E-state index contributed by atoms with van der Waals surface area (Å²) in [6.07, 6.45) is 0. The Morgan fingerprint density at radius 1 is 0.349 bits per heavy atom. The van der Waals surface area contributed by atoms with Crippen LogP contribution in [0.4, 0.5) is 42.9 Å². The lowest BCUT2D eigenvalue weighted by Gasteiger charge is -2.40. The zero-order valence-corrected chi connectivity index (χ0v) is 45.5. The number of para-hydroxylation sites is 7. The van der Waals surface area contributed by atoms with Crippen LogP contribution in [0.25, 0.3) is 104 Å². The van der Waals surface area contributed by atoms with Crippen molar-refractivity contribution in [2.75, 3.05) is 9.80 Å². The molecular formula is C77H41F2N5O2. The van der Waals surface area contributed by atoms with Gasteiger partial charge in [0, 0.05) is 54.5 Å². The molecule has 0 radical (unpaired) electrons. The second kappa shape index (κ2) is 17.6. The van der Waals surface area contributed by atoms with Crippen molar-refractivity contribution in [3.8, 4) is 29.0 Å². The summed E-state index contributed by atoms with van der Waals surface area (Å²) in [6, 6.07) is 88.1. The van der Waals surface area contributed by atoms with Gasteiger partial charge in [0.15, 0.2) is 34.0 Å². The van der Waals surface area contributed by atoms with Crippen molar-refractivity contribution in [3.63, 3.8) is 0 Å². The molecule has 16 aromatic rings. The number of fused-ring (bicyclic) bond motifs is 22. The topological polar surface area (TPSA) is 85.3 Å². The molecule has 0 fully saturated rings. The molecule has 9 heteroatoms. The largest absolute Gasteiger partial charge is 0.451 e. The van der Waals surface area contributed by atoms with Crippen LogP contribution in [0.15, 0.2) is 258 Å². The van der Waals surface area contributed by atoms with Crippen LogP contribution in [0, 0.1) is 34.3 Å². The molecule has 18 rings (SSSR count). The van der Waals surface area contributed by atoms with Crippen molar-refractivity contribution in [1.29, 1.82) is 10.5 Å². The fraction of sp³-hybridized carbons (Fsp3) is 0.0130. The highest BCUT2D eigenvalue weighted by Crippen LogP contribution is 2.66. The van der Waals surface area contributed by atoms with E-state index in [1.165, 1.54) is 12.1 Å². The number of anilines is 6. The molecule has 0 saturated heterocycles. The van der Waals surface area contributed by atoms with E-state index in [0.717, 1.165) is 116 Å². The third-order valence-corrected chi connectivity index (χ3v) is 18.1. The van der Waals surface area contributed by atoms with Gasteiger partial charge in [0.05, 0.1) is 68.2 Å². The first-order chi connectivity index (χ1) is 42.4. The Labute approximate surface area is 489 Å². The van der Waals surface area contributed by atoms with Gasteiger partial charge in [-0.05, 0) is 141 Å². The quantitative estimate of drug-likeness (QED) is 0.165. The maximum atomic E-state index is 15.9. The monoisotopic (exact) mass is 1110 g/mol. The number of rotatable bonds is 6. The molecule has 2 aliphatic rings. The molecule has 3 aromatic heterocycles. The zero-order valence-electron chi connectivity index (χ0n) is 45.5. The van der Waals surface area contributed by atoms with Crippen molar-refractivity contribution in [1.82, 2.24) is 4.57 Å². The lowest BCUT2D eigenvalue weighted by molar-refractivity contribution is 0.584. The van der Waals surface area contributed by atoms with Gasteiger partial charge in [0.25, 0.3) is 0 Å². The molecule has 1 aliphatic carbocycles. The summed E-state index contributed by atoms with van der Waals surface area (Å²) in [5.41, 5.74) is 15.5. The van der Waals surface area contributed by atoms with Gasteiger partial charge in [-0.3, -0.25) is 0 Å². The van der Waals surface area contributed by atoms with E-state index >= 15 is 8.78 Å². The number of hydrogen-bond donors (Lipinski definition) is 0. The Morgan fingerprint density at radius 2 is 0.756 bits per heavy atom. The number of halogens is 2. The minimum absolute atomic E-state index is 0.173. The second-order valence-corrected chi connectivity index (χ2v) is 22.3. The minimum Gasteiger partial charge on any atom is -0.451 e. The predicted molar refractivity (Wildman–Crippen MR) is 340 cm³/mol. The average Bonchev–Trinajstić information content (AvgIpc) is 1.49. The zero-order chi connectivity index (χ0) is 57.1. The molecule has 0 amide bonds. The van der Waals surface area contributed by atoms with Crippen LogP contribution in [0.1, 0.15) is 33.4 Å². The van der Waals surface area contributed by atoms with Crippen molar-refractivity contribution in [2.24, 2.45) is 0 Å². The molecule has 4 heterocycles. The highest BCUT2D eigenvalue weighted by atomic mass is 19.1. The molecule has 1 aliphatic heterocycles. The van der Waals surface area contributed by atoms with Gasteiger partial charge in [-0.2, -0.15) is 10.5 Å². The van der Waals surface area contributed by atoms with E-state index < -0.39 is 17.0 Å². The number of aromatic nitrogens is 1. The van der Waals surface area contributed by atoms with Crippen LogP contribution in [0.5, 0.6) is 0 Å². The summed E-state index contributed by atoms with van der Waals surface area (Å²) in [7, 11) is 0. The van der Waals surface area contributed by atoms with Crippen molar-refractivity contribution < 1.29 is 17.6 Å². The van der Waals surface area contributed by atoms with Gasteiger partial charge in [0.2, 0.25) is 0 Å². The number of benzene rings is 13. The van der Waals surface area contributed by atoms with Gasteiger partial charge in [-0.15, -0.1) is 0 Å². The Bertz CT molecular complexity index is 5470. The van der Waals surface area contributed by atoms with E-state index in [1.54, 1.807) is 12.1 Å². The first kappa shape index (κ1) is 47.8. The lowest BCUT2D eigenvalue weighted by atomic mass is 9.65. The lowest BCUT2D eigenvalue weighted by Crippen LogP contribution is -2.34. The Hall–Kier alpha value is -11.8. The summed E-state index contributed by atoms with van der Waals surface area (Å²) in [5.74, 6) is -0.903. The van der Waals surface area contributed by atoms with Gasteiger partial charge in [-0.25, -0.2) is 8.78 Å². The number of furan rings is 2. The highest BCUT2D eigenvalue weighted by molar-refractivity contribution is 6.22. The minimum atomic E-state index is -1.06. The molecular weight excluding hydrogens is 1060 g/mol. The number of nitrogens with zero attached hydrogens (tertiary/aromatic N) is 5. The predicted octanol–water partition coefficient (Wildman–Crippen LogP) is 20.5. The van der Waals surface area contributed by atoms with Gasteiger partial charge in [-0.1, -0.05) is 152 Å². The van der Waals surface area contributed by atoms with E-state index in [2.05, 4.69) is 154 Å². The number of nitriles is 2. The summed E-state index contributed by atoms with van der Waals surface area (Å²) in [5, 5.41) is 29.4. The van der Waals surface area contributed by atoms with Crippen molar-refractivity contribution >= 4 is 121 Å².